The molecule has 1 atom stereocenters. The molecule has 0 radical (unpaired) electrons. The normalized spacial score (nSPS) is 15.7. The molecule has 0 aromatic heterocycles. The quantitative estimate of drug-likeness (QED) is 0.762. The van der Waals surface area contributed by atoms with Gasteiger partial charge in [-0.25, -0.2) is 0 Å². The second-order valence-corrected chi connectivity index (χ2v) is 5.48. The molecule has 0 aliphatic heterocycles. The lowest BCUT2D eigenvalue weighted by Gasteiger charge is -2.11. The van der Waals surface area contributed by atoms with Gasteiger partial charge < -0.3 is 15.4 Å². The SMILES string of the molecule is CNC(C)Cc1ccc(OCCC(=O)NC2CC2)cc1. The van der Waals surface area contributed by atoms with Crippen molar-refractivity contribution in [2.75, 3.05) is 13.7 Å². The molecular weight excluding hydrogens is 252 g/mol. The lowest BCUT2D eigenvalue weighted by atomic mass is 10.1. The van der Waals surface area contributed by atoms with Crippen LogP contribution in [-0.4, -0.2) is 31.6 Å². The van der Waals surface area contributed by atoms with Crippen molar-refractivity contribution < 1.29 is 9.53 Å². The van der Waals surface area contributed by atoms with Crippen LogP contribution in [0.3, 0.4) is 0 Å². The molecule has 1 unspecified atom stereocenters. The third kappa shape index (κ3) is 5.21. The fourth-order valence-corrected chi connectivity index (χ4v) is 1.97. The molecule has 1 aliphatic rings. The van der Waals surface area contributed by atoms with Crippen molar-refractivity contribution in [3.63, 3.8) is 0 Å². The molecule has 20 heavy (non-hydrogen) atoms. The van der Waals surface area contributed by atoms with Crippen LogP contribution in [0.5, 0.6) is 5.75 Å². The lowest BCUT2D eigenvalue weighted by Crippen LogP contribution is -2.26. The Balaban J connectivity index is 1.68. The van der Waals surface area contributed by atoms with Crippen LogP contribution in [0.4, 0.5) is 0 Å². The first-order valence-electron chi connectivity index (χ1n) is 7.35. The van der Waals surface area contributed by atoms with E-state index in [-0.39, 0.29) is 5.91 Å². The summed E-state index contributed by atoms with van der Waals surface area (Å²) in [5.74, 6) is 0.914. The van der Waals surface area contributed by atoms with Crippen LogP contribution in [0.25, 0.3) is 0 Å². The van der Waals surface area contributed by atoms with Gasteiger partial charge in [0.15, 0.2) is 0 Å². The van der Waals surface area contributed by atoms with E-state index in [0.29, 0.717) is 25.1 Å². The molecular formula is C16H24N2O2. The van der Waals surface area contributed by atoms with E-state index in [2.05, 4.69) is 29.7 Å². The molecule has 2 rings (SSSR count). The first-order chi connectivity index (χ1) is 9.67. The smallest absolute Gasteiger partial charge is 0.223 e. The van der Waals surface area contributed by atoms with Crippen LogP contribution >= 0.6 is 0 Å². The molecule has 4 heteroatoms. The molecule has 1 aliphatic carbocycles. The Morgan fingerprint density at radius 3 is 2.65 bits per heavy atom. The van der Waals surface area contributed by atoms with E-state index in [9.17, 15) is 4.79 Å². The zero-order chi connectivity index (χ0) is 14.4. The average Bonchev–Trinajstić information content (AvgIpc) is 3.24. The molecule has 1 aromatic rings. The minimum absolute atomic E-state index is 0.0898. The molecule has 0 heterocycles. The molecule has 1 aromatic carbocycles. The summed E-state index contributed by atoms with van der Waals surface area (Å²) < 4.78 is 5.59. The molecule has 0 bridgehead atoms. The van der Waals surface area contributed by atoms with Crippen molar-refractivity contribution in [3.05, 3.63) is 29.8 Å². The fraction of sp³-hybridized carbons (Fsp3) is 0.562. The number of amides is 1. The van der Waals surface area contributed by atoms with E-state index in [1.807, 2.05) is 19.2 Å². The molecule has 0 spiro atoms. The van der Waals surface area contributed by atoms with Crippen molar-refractivity contribution in [3.8, 4) is 5.75 Å². The van der Waals surface area contributed by atoms with E-state index < -0.39 is 0 Å². The number of hydrogen-bond donors (Lipinski definition) is 2. The first-order valence-corrected chi connectivity index (χ1v) is 7.35. The maximum atomic E-state index is 11.5. The predicted octanol–water partition coefficient (Wildman–Crippen LogP) is 1.88. The largest absolute Gasteiger partial charge is 0.493 e. The fourth-order valence-electron chi connectivity index (χ4n) is 1.97. The third-order valence-corrected chi connectivity index (χ3v) is 3.50. The number of hydrogen-bond acceptors (Lipinski definition) is 3. The van der Waals surface area contributed by atoms with E-state index in [0.717, 1.165) is 25.0 Å². The second-order valence-electron chi connectivity index (χ2n) is 5.48. The molecule has 4 nitrogen and oxygen atoms in total. The highest BCUT2D eigenvalue weighted by atomic mass is 16.5. The van der Waals surface area contributed by atoms with Gasteiger partial charge in [0.2, 0.25) is 5.91 Å². The number of rotatable bonds is 8. The third-order valence-electron chi connectivity index (χ3n) is 3.50. The van der Waals surface area contributed by atoms with Gasteiger partial charge >= 0.3 is 0 Å². The number of carbonyl (C=O) groups is 1. The summed E-state index contributed by atoms with van der Waals surface area (Å²) in [4.78, 5) is 11.5. The zero-order valence-electron chi connectivity index (χ0n) is 12.3. The van der Waals surface area contributed by atoms with Crippen LogP contribution < -0.4 is 15.4 Å². The van der Waals surface area contributed by atoms with Crippen molar-refractivity contribution in [2.45, 2.75) is 44.7 Å². The van der Waals surface area contributed by atoms with Gasteiger partial charge in [-0.3, -0.25) is 4.79 Å². The van der Waals surface area contributed by atoms with Crippen LogP contribution in [-0.2, 0) is 11.2 Å². The van der Waals surface area contributed by atoms with Gasteiger partial charge in [-0.15, -0.1) is 0 Å². The van der Waals surface area contributed by atoms with E-state index >= 15 is 0 Å². The van der Waals surface area contributed by atoms with Gasteiger partial charge in [-0.2, -0.15) is 0 Å². The summed E-state index contributed by atoms with van der Waals surface area (Å²) in [6.45, 7) is 2.59. The van der Waals surface area contributed by atoms with Crippen molar-refractivity contribution in [1.29, 1.82) is 0 Å². The second kappa shape index (κ2) is 7.29. The Morgan fingerprint density at radius 1 is 1.35 bits per heavy atom. The highest BCUT2D eigenvalue weighted by molar-refractivity contribution is 5.76. The Bertz CT molecular complexity index is 427. The van der Waals surface area contributed by atoms with E-state index in [1.54, 1.807) is 0 Å². The molecule has 110 valence electrons. The van der Waals surface area contributed by atoms with Gasteiger partial charge in [-0.1, -0.05) is 12.1 Å². The van der Waals surface area contributed by atoms with Gasteiger partial charge in [0.1, 0.15) is 5.75 Å². The van der Waals surface area contributed by atoms with E-state index in [1.165, 1.54) is 5.56 Å². The maximum absolute atomic E-state index is 11.5. The Labute approximate surface area is 120 Å². The first kappa shape index (κ1) is 14.9. The van der Waals surface area contributed by atoms with Crippen LogP contribution in [0.2, 0.25) is 0 Å². The van der Waals surface area contributed by atoms with Gasteiger partial charge in [0, 0.05) is 12.1 Å². The molecule has 2 N–H and O–H groups in total. The minimum Gasteiger partial charge on any atom is -0.493 e. The summed E-state index contributed by atoms with van der Waals surface area (Å²) in [5, 5.41) is 6.17. The molecule has 1 amide bonds. The molecule has 1 fully saturated rings. The lowest BCUT2D eigenvalue weighted by molar-refractivity contribution is -0.121. The van der Waals surface area contributed by atoms with Crippen LogP contribution in [0, 0.1) is 0 Å². The number of likely N-dealkylation sites (N-methyl/N-ethyl adjacent to an activating group) is 1. The zero-order valence-corrected chi connectivity index (χ0v) is 12.3. The highest BCUT2D eigenvalue weighted by Gasteiger charge is 2.22. The van der Waals surface area contributed by atoms with Crippen LogP contribution in [0.15, 0.2) is 24.3 Å². The summed E-state index contributed by atoms with van der Waals surface area (Å²) >= 11 is 0. The summed E-state index contributed by atoms with van der Waals surface area (Å²) in [7, 11) is 1.97. The van der Waals surface area contributed by atoms with Crippen molar-refractivity contribution in [2.24, 2.45) is 0 Å². The van der Waals surface area contributed by atoms with Crippen molar-refractivity contribution in [1.82, 2.24) is 10.6 Å². The Hall–Kier alpha value is -1.55. The van der Waals surface area contributed by atoms with Crippen molar-refractivity contribution >= 4 is 5.91 Å². The summed E-state index contributed by atoms with van der Waals surface area (Å²) in [5.41, 5.74) is 1.28. The Morgan fingerprint density at radius 2 is 2.05 bits per heavy atom. The number of nitrogens with one attached hydrogen (secondary N) is 2. The van der Waals surface area contributed by atoms with Gasteiger partial charge in [0.05, 0.1) is 13.0 Å². The minimum atomic E-state index is 0.0898. The molecule has 0 saturated heterocycles. The monoisotopic (exact) mass is 276 g/mol. The highest BCUT2D eigenvalue weighted by Crippen LogP contribution is 2.18. The van der Waals surface area contributed by atoms with Gasteiger partial charge in [-0.05, 0) is 50.9 Å². The number of ether oxygens (including phenoxy) is 1. The van der Waals surface area contributed by atoms with E-state index in [4.69, 9.17) is 4.74 Å². The van der Waals surface area contributed by atoms with Crippen LogP contribution in [0.1, 0.15) is 31.7 Å². The predicted molar refractivity (Wildman–Crippen MR) is 79.9 cm³/mol. The standard InChI is InChI=1S/C16H24N2O2/c1-12(17-2)11-13-3-7-15(8-4-13)20-10-9-16(19)18-14-5-6-14/h3-4,7-8,12,14,17H,5-6,9-11H2,1-2H3,(H,18,19). The maximum Gasteiger partial charge on any atom is 0.223 e. The van der Waals surface area contributed by atoms with Gasteiger partial charge in [0.25, 0.3) is 0 Å². The Kier molecular flexibility index (Phi) is 5.41. The topological polar surface area (TPSA) is 50.4 Å². The number of carbonyl (C=O) groups excluding carboxylic acids is 1. The summed E-state index contributed by atoms with van der Waals surface area (Å²) in [6, 6.07) is 8.98. The summed E-state index contributed by atoms with van der Waals surface area (Å²) in [6.07, 6.45) is 3.67. The molecule has 1 saturated carbocycles. The average molecular weight is 276 g/mol. The number of benzene rings is 1.